The van der Waals surface area contributed by atoms with Crippen molar-refractivity contribution in [2.45, 2.75) is 31.7 Å². The first-order valence-electron chi connectivity index (χ1n) is 10.4. The lowest BCUT2D eigenvalue weighted by atomic mass is 10.0. The van der Waals surface area contributed by atoms with Crippen LogP contribution in [0.4, 0.5) is 5.82 Å². The number of ether oxygens (including phenoxy) is 1. The fourth-order valence-electron chi connectivity index (χ4n) is 3.30. The highest BCUT2D eigenvalue weighted by Gasteiger charge is 2.28. The molecule has 0 saturated carbocycles. The number of benzene rings is 1. The molecule has 0 unspecified atom stereocenters. The van der Waals surface area contributed by atoms with Gasteiger partial charge in [-0.1, -0.05) is 19.9 Å². The van der Waals surface area contributed by atoms with Crippen LogP contribution in [0.5, 0.6) is 0 Å². The van der Waals surface area contributed by atoms with Gasteiger partial charge in [0.15, 0.2) is 0 Å². The molecule has 0 aliphatic carbocycles. The van der Waals surface area contributed by atoms with Gasteiger partial charge in [-0.2, -0.15) is 4.31 Å². The number of aromatic nitrogens is 1. The third-order valence-electron chi connectivity index (χ3n) is 5.11. The third kappa shape index (κ3) is 5.70. The zero-order chi connectivity index (χ0) is 23.3. The molecule has 1 aliphatic rings. The maximum Gasteiger partial charge on any atom is 0.251 e. The zero-order valence-electron chi connectivity index (χ0n) is 18.4. The first-order valence-corrected chi connectivity index (χ1v) is 11.8. The van der Waals surface area contributed by atoms with Crippen LogP contribution in [-0.2, 0) is 19.6 Å². The molecule has 1 saturated heterocycles. The number of hydrogen-bond acceptors (Lipinski definition) is 6. The molecule has 1 aliphatic heterocycles. The third-order valence-corrected chi connectivity index (χ3v) is 7.00. The monoisotopic (exact) mass is 460 g/mol. The van der Waals surface area contributed by atoms with Crippen LogP contribution in [0.25, 0.3) is 0 Å². The summed E-state index contributed by atoms with van der Waals surface area (Å²) >= 11 is 0. The first-order chi connectivity index (χ1) is 15.2. The van der Waals surface area contributed by atoms with Crippen LogP contribution in [0.15, 0.2) is 47.5 Å². The molecule has 2 amide bonds. The topological polar surface area (TPSA) is 118 Å². The summed E-state index contributed by atoms with van der Waals surface area (Å²) in [6.07, 6.45) is 1.59. The number of nitrogens with one attached hydrogen (secondary N) is 2. The average Bonchev–Trinajstić information content (AvgIpc) is 2.77. The van der Waals surface area contributed by atoms with Crippen molar-refractivity contribution in [2.24, 2.45) is 5.92 Å². The second kappa shape index (κ2) is 10.2. The van der Waals surface area contributed by atoms with Crippen LogP contribution < -0.4 is 10.6 Å². The van der Waals surface area contributed by atoms with Gasteiger partial charge in [0.25, 0.3) is 5.91 Å². The molecule has 10 heteroatoms. The summed E-state index contributed by atoms with van der Waals surface area (Å²) in [6, 6.07) is 8.54. The highest BCUT2D eigenvalue weighted by Crippen LogP contribution is 2.19. The Kier molecular flexibility index (Phi) is 7.60. The van der Waals surface area contributed by atoms with E-state index in [0.717, 1.165) is 5.56 Å². The SMILES string of the molecule is Cc1ccnc(NC(=O)[C@@H](NC(=O)c2cccc(S(=O)(=O)N3CCOCC3)c2)C(C)C)c1. The van der Waals surface area contributed by atoms with E-state index in [2.05, 4.69) is 15.6 Å². The number of pyridine rings is 1. The predicted molar refractivity (Wildman–Crippen MR) is 120 cm³/mol. The van der Waals surface area contributed by atoms with Crippen molar-refractivity contribution < 1.29 is 22.7 Å². The van der Waals surface area contributed by atoms with Crippen LogP contribution in [0, 0.1) is 12.8 Å². The maximum absolute atomic E-state index is 12.9. The molecule has 2 aromatic rings. The number of hydrogen-bond donors (Lipinski definition) is 2. The maximum atomic E-state index is 12.9. The Morgan fingerprint density at radius 1 is 1.12 bits per heavy atom. The number of rotatable bonds is 7. The van der Waals surface area contributed by atoms with E-state index >= 15 is 0 Å². The molecule has 2 heterocycles. The first kappa shape index (κ1) is 23.8. The van der Waals surface area contributed by atoms with Crippen molar-refractivity contribution in [2.75, 3.05) is 31.6 Å². The standard InChI is InChI=1S/C22H28N4O5S/c1-15(2)20(22(28)24-19-13-16(3)7-8-23-19)25-21(27)17-5-4-6-18(14-17)32(29,30)26-9-11-31-12-10-26/h4-8,13-15,20H,9-12H2,1-3H3,(H,25,27)(H,23,24,28)/t20-/m0/s1. The Hall–Kier alpha value is -2.82. The summed E-state index contributed by atoms with van der Waals surface area (Å²) < 4.78 is 32.4. The number of carbonyl (C=O) groups is 2. The lowest BCUT2D eigenvalue weighted by molar-refractivity contribution is -0.118. The van der Waals surface area contributed by atoms with Crippen LogP contribution in [-0.4, -0.2) is 61.9 Å². The quantitative estimate of drug-likeness (QED) is 0.651. The fourth-order valence-corrected chi connectivity index (χ4v) is 4.76. The number of nitrogens with zero attached hydrogens (tertiary/aromatic N) is 2. The van der Waals surface area contributed by atoms with Crippen molar-refractivity contribution in [3.8, 4) is 0 Å². The summed E-state index contributed by atoms with van der Waals surface area (Å²) in [5.41, 5.74) is 1.10. The van der Waals surface area contributed by atoms with E-state index in [9.17, 15) is 18.0 Å². The lowest BCUT2D eigenvalue weighted by Crippen LogP contribution is -2.47. The molecule has 0 spiro atoms. The molecule has 32 heavy (non-hydrogen) atoms. The molecule has 1 fully saturated rings. The Morgan fingerprint density at radius 2 is 1.84 bits per heavy atom. The number of amides is 2. The molecule has 1 aromatic heterocycles. The van der Waals surface area contributed by atoms with Crippen LogP contribution in [0.1, 0.15) is 29.8 Å². The van der Waals surface area contributed by atoms with Gasteiger partial charge in [-0.3, -0.25) is 9.59 Å². The molecule has 3 rings (SSSR count). The minimum absolute atomic E-state index is 0.0292. The van der Waals surface area contributed by atoms with E-state index in [1.807, 2.05) is 26.8 Å². The van der Waals surface area contributed by atoms with Gasteiger partial charge in [0.05, 0.1) is 18.1 Å². The highest BCUT2D eigenvalue weighted by atomic mass is 32.2. The van der Waals surface area contributed by atoms with Gasteiger partial charge in [-0.25, -0.2) is 13.4 Å². The summed E-state index contributed by atoms with van der Waals surface area (Å²) in [5, 5.41) is 5.44. The Labute approximate surface area is 188 Å². The summed E-state index contributed by atoms with van der Waals surface area (Å²) in [6.45, 7) is 6.71. The number of aryl methyl sites for hydroxylation is 1. The molecule has 0 radical (unpaired) electrons. The lowest BCUT2D eigenvalue weighted by Gasteiger charge is -2.26. The van der Waals surface area contributed by atoms with Crippen LogP contribution in [0.3, 0.4) is 0 Å². The van der Waals surface area contributed by atoms with Crippen LogP contribution >= 0.6 is 0 Å². The van der Waals surface area contributed by atoms with Gasteiger partial charge >= 0.3 is 0 Å². The number of sulfonamides is 1. The van der Waals surface area contributed by atoms with Gasteiger partial charge in [-0.15, -0.1) is 0 Å². The smallest absolute Gasteiger partial charge is 0.251 e. The van der Waals surface area contributed by atoms with Crippen molar-refractivity contribution in [3.05, 3.63) is 53.7 Å². The molecular formula is C22H28N4O5S. The van der Waals surface area contributed by atoms with E-state index in [0.29, 0.717) is 19.0 Å². The summed E-state index contributed by atoms with van der Waals surface area (Å²) in [4.78, 5) is 29.8. The van der Waals surface area contributed by atoms with Gasteiger partial charge in [0, 0.05) is 24.8 Å². The van der Waals surface area contributed by atoms with Crippen LogP contribution in [0.2, 0.25) is 0 Å². The second-order valence-corrected chi connectivity index (χ2v) is 9.89. The Bertz CT molecular complexity index is 1080. The van der Waals surface area contributed by atoms with Crippen molar-refractivity contribution in [3.63, 3.8) is 0 Å². The zero-order valence-corrected chi connectivity index (χ0v) is 19.2. The average molecular weight is 461 g/mol. The molecule has 1 atom stereocenters. The minimum Gasteiger partial charge on any atom is -0.379 e. The van der Waals surface area contributed by atoms with E-state index in [4.69, 9.17) is 4.74 Å². The fraction of sp³-hybridized carbons (Fsp3) is 0.409. The Balaban J connectivity index is 1.75. The summed E-state index contributed by atoms with van der Waals surface area (Å²) in [5.74, 6) is -0.740. The van der Waals surface area contributed by atoms with Crippen molar-refractivity contribution >= 4 is 27.7 Å². The van der Waals surface area contributed by atoms with E-state index < -0.39 is 27.9 Å². The normalized spacial score (nSPS) is 15.9. The van der Waals surface area contributed by atoms with Gasteiger partial charge in [0.2, 0.25) is 15.9 Å². The second-order valence-electron chi connectivity index (χ2n) is 7.95. The van der Waals surface area contributed by atoms with Gasteiger partial charge < -0.3 is 15.4 Å². The summed E-state index contributed by atoms with van der Waals surface area (Å²) in [7, 11) is -3.74. The van der Waals surface area contributed by atoms with E-state index in [-0.39, 0.29) is 29.5 Å². The van der Waals surface area contributed by atoms with E-state index in [1.165, 1.54) is 28.6 Å². The molecule has 9 nitrogen and oxygen atoms in total. The predicted octanol–water partition coefficient (Wildman–Crippen LogP) is 1.80. The van der Waals surface area contributed by atoms with Gasteiger partial charge in [0.1, 0.15) is 11.9 Å². The molecule has 0 bridgehead atoms. The minimum atomic E-state index is -3.74. The molecular weight excluding hydrogens is 432 g/mol. The largest absolute Gasteiger partial charge is 0.379 e. The van der Waals surface area contributed by atoms with Crippen molar-refractivity contribution in [1.82, 2.24) is 14.6 Å². The van der Waals surface area contributed by atoms with Gasteiger partial charge in [-0.05, 0) is 48.7 Å². The molecule has 2 N–H and O–H groups in total. The molecule has 172 valence electrons. The number of carbonyl (C=O) groups excluding carboxylic acids is 2. The molecule has 1 aromatic carbocycles. The van der Waals surface area contributed by atoms with E-state index in [1.54, 1.807) is 12.3 Å². The number of morpholine rings is 1. The van der Waals surface area contributed by atoms with Crippen molar-refractivity contribution in [1.29, 1.82) is 0 Å². The Morgan fingerprint density at radius 3 is 2.50 bits per heavy atom. The number of anilines is 1. The highest BCUT2D eigenvalue weighted by molar-refractivity contribution is 7.89.